The Balaban J connectivity index is 1.26. The summed E-state index contributed by atoms with van der Waals surface area (Å²) in [5.41, 5.74) is 6.73. The third-order valence-corrected chi connectivity index (χ3v) is 7.23. The number of piperazine rings is 1. The van der Waals surface area contributed by atoms with E-state index in [1.54, 1.807) is 11.3 Å². The second kappa shape index (κ2) is 8.60. The van der Waals surface area contributed by atoms with Gasteiger partial charge in [0.05, 0.1) is 12.1 Å². The van der Waals surface area contributed by atoms with Crippen LogP contribution < -0.4 is 4.90 Å². The van der Waals surface area contributed by atoms with E-state index in [4.69, 9.17) is 16.6 Å². The lowest BCUT2D eigenvalue weighted by Crippen LogP contribution is -2.49. The molecule has 1 saturated heterocycles. The lowest BCUT2D eigenvalue weighted by Gasteiger charge is -2.37. The van der Waals surface area contributed by atoms with Gasteiger partial charge in [-0.3, -0.25) is 9.20 Å². The van der Waals surface area contributed by atoms with Gasteiger partial charge in [-0.15, -0.1) is 11.3 Å². The fourth-order valence-electron chi connectivity index (χ4n) is 4.24. The molecule has 0 spiro atoms. The molecule has 7 heteroatoms. The first-order chi connectivity index (χ1) is 15.5. The van der Waals surface area contributed by atoms with Crippen LogP contribution >= 0.6 is 22.9 Å². The number of amides is 1. The molecule has 0 saturated carbocycles. The number of rotatable bonds is 4. The molecular formula is C25H25ClN4OS. The van der Waals surface area contributed by atoms with Crippen molar-refractivity contribution in [1.82, 2.24) is 14.3 Å². The van der Waals surface area contributed by atoms with Crippen molar-refractivity contribution >= 4 is 39.5 Å². The van der Waals surface area contributed by atoms with Crippen molar-refractivity contribution in [2.24, 2.45) is 0 Å². The number of hydrogen-bond acceptors (Lipinski definition) is 4. The molecule has 0 atom stereocenters. The maximum Gasteiger partial charge on any atom is 0.228 e. The predicted molar refractivity (Wildman–Crippen MR) is 132 cm³/mol. The molecule has 0 N–H and O–H groups in total. The van der Waals surface area contributed by atoms with Gasteiger partial charge in [0.25, 0.3) is 0 Å². The SMILES string of the molecule is Cc1ccc(C)c(N2CCN(C(=O)Cc3csc4nc(-c5ccc(Cl)cc5)cn34)CC2)c1. The highest BCUT2D eigenvalue weighted by Gasteiger charge is 2.23. The first-order valence-corrected chi connectivity index (χ1v) is 12.0. The zero-order chi connectivity index (χ0) is 22.2. The summed E-state index contributed by atoms with van der Waals surface area (Å²) >= 11 is 7.57. The summed E-state index contributed by atoms with van der Waals surface area (Å²) in [5, 5.41) is 2.75. The lowest BCUT2D eigenvalue weighted by atomic mass is 10.1. The van der Waals surface area contributed by atoms with Crippen molar-refractivity contribution in [2.75, 3.05) is 31.1 Å². The summed E-state index contributed by atoms with van der Waals surface area (Å²) < 4.78 is 2.04. The van der Waals surface area contributed by atoms with E-state index in [0.717, 1.165) is 48.1 Å². The standard InChI is InChI=1S/C25H25ClN4OS/c1-17-3-4-18(2)23(13-17)28-9-11-29(12-10-28)24(31)14-21-16-32-25-27-22(15-30(21)25)19-5-7-20(26)8-6-19/h3-8,13,15-16H,9-12,14H2,1-2H3. The molecule has 164 valence electrons. The first kappa shape index (κ1) is 21.0. The smallest absolute Gasteiger partial charge is 0.228 e. The van der Waals surface area contributed by atoms with Gasteiger partial charge < -0.3 is 9.80 Å². The summed E-state index contributed by atoms with van der Waals surface area (Å²) in [4.78, 5) is 23.1. The zero-order valence-corrected chi connectivity index (χ0v) is 19.8. The van der Waals surface area contributed by atoms with Gasteiger partial charge in [-0.25, -0.2) is 4.98 Å². The molecule has 0 aliphatic carbocycles. The number of aryl methyl sites for hydroxylation is 2. The van der Waals surface area contributed by atoms with Crippen molar-refractivity contribution in [2.45, 2.75) is 20.3 Å². The van der Waals surface area contributed by atoms with Gasteiger partial charge in [0.1, 0.15) is 0 Å². The molecule has 5 nitrogen and oxygen atoms in total. The van der Waals surface area contributed by atoms with Gasteiger partial charge in [0.15, 0.2) is 4.96 Å². The fourth-order valence-corrected chi connectivity index (χ4v) is 5.24. The second-order valence-corrected chi connectivity index (χ2v) is 9.62. The molecule has 1 aliphatic heterocycles. The Morgan fingerprint density at radius 3 is 2.56 bits per heavy atom. The fraction of sp³-hybridized carbons (Fsp3) is 0.280. The van der Waals surface area contributed by atoms with Gasteiger partial charge in [0.2, 0.25) is 5.91 Å². The Bertz CT molecular complexity index is 1270. The van der Waals surface area contributed by atoms with Gasteiger partial charge >= 0.3 is 0 Å². The monoisotopic (exact) mass is 464 g/mol. The number of thiazole rings is 1. The largest absolute Gasteiger partial charge is 0.368 e. The van der Waals surface area contributed by atoms with Crippen LogP contribution in [0, 0.1) is 13.8 Å². The predicted octanol–water partition coefficient (Wildman–Crippen LogP) is 5.22. The number of hydrogen-bond donors (Lipinski definition) is 0. The number of anilines is 1. The minimum Gasteiger partial charge on any atom is -0.368 e. The molecule has 0 radical (unpaired) electrons. The van der Waals surface area contributed by atoms with Crippen LogP contribution in [0.1, 0.15) is 16.8 Å². The molecule has 0 unspecified atom stereocenters. The molecule has 4 aromatic rings. The summed E-state index contributed by atoms with van der Waals surface area (Å²) in [7, 11) is 0. The van der Waals surface area contributed by atoms with Crippen LogP contribution in [0.25, 0.3) is 16.2 Å². The Kier molecular flexibility index (Phi) is 5.66. The number of nitrogens with zero attached hydrogens (tertiary/aromatic N) is 4. The Labute approximate surface area is 196 Å². The number of halogens is 1. The molecule has 1 fully saturated rings. The van der Waals surface area contributed by atoms with Gasteiger partial charge in [-0.2, -0.15) is 0 Å². The molecular weight excluding hydrogens is 440 g/mol. The molecule has 3 heterocycles. The minimum absolute atomic E-state index is 0.173. The van der Waals surface area contributed by atoms with E-state index in [0.29, 0.717) is 11.4 Å². The first-order valence-electron chi connectivity index (χ1n) is 10.8. The van der Waals surface area contributed by atoms with E-state index in [1.807, 2.05) is 45.1 Å². The van der Waals surface area contributed by atoms with Crippen molar-refractivity contribution in [3.05, 3.63) is 75.9 Å². The number of benzene rings is 2. The molecule has 1 amide bonds. The van der Waals surface area contributed by atoms with Gasteiger partial charge in [0, 0.05) is 59.7 Å². The zero-order valence-electron chi connectivity index (χ0n) is 18.2. The van der Waals surface area contributed by atoms with Crippen molar-refractivity contribution < 1.29 is 4.79 Å². The molecule has 0 bridgehead atoms. The van der Waals surface area contributed by atoms with Crippen molar-refractivity contribution in [3.8, 4) is 11.3 Å². The molecule has 32 heavy (non-hydrogen) atoms. The maximum absolute atomic E-state index is 13.1. The van der Waals surface area contributed by atoms with Crippen LogP contribution in [-0.2, 0) is 11.2 Å². The molecule has 2 aromatic carbocycles. The highest BCUT2D eigenvalue weighted by Crippen LogP contribution is 2.26. The van der Waals surface area contributed by atoms with Crippen LogP contribution in [0.3, 0.4) is 0 Å². The van der Waals surface area contributed by atoms with E-state index >= 15 is 0 Å². The molecule has 2 aromatic heterocycles. The number of imidazole rings is 1. The summed E-state index contributed by atoms with van der Waals surface area (Å²) in [5.74, 6) is 0.173. The number of carbonyl (C=O) groups is 1. The number of fused-ring (bicyclic) bond motifs is 1. The maximum atomic E-state index is 13.1. The third kappa shape index (κ3) is 4.12. The summed E-state index contributed by atoms with van der Waals surface area (Å²) in [6, 6.07) is 14.2. The quantitative estimate of drug-likeness (QED) is 0.415. The molecule has 5 rings (SSSR count). The van der Waals surface area contributed by atoms with E-state index in [1.165, 1.54) is 16.8 Å². The van der Waals surface area contributed by atoms with Gasteiger partial charge in [-0.1, -0.05) is 35.9 Å². The lowest BCUT2D eigenvalue weighted by molar-refractivity contribution is -0.130. The summed E-state index contributed by atoms with van der Waals surface area (Å²) in [6.45, 7) is 7.50. The minimum atomic E-state index is 0.173. The van der Waals surface area contributed by atoms with Crippen LogP contribution in [0.2, 0.25) is 5.02 Å². The highest BCUT2D eigenvalue weighted by molar-refractivity contribution is 7.15. The Morgan fingerprint density at radius 2 is 1.81 bits per heavy atom. The van der Waals surface area contributed by atoms with Crippen molar-refractivity contribution in [1.29, 1.82) is 0 Å². The Morgan fingerprint density at radius 1 is 1.06 bits per heavy atom. The average Bonchev–Trinajstić information content (AvgIpc) is 3.38. The van der Waals surface area contributed by atoms with Crippen molar-refractivity contribution in [3.63, 3.8) is 0 Å². The van der Waals surface area contributed by atoms with E-state index < -0.39 is 0 Å². The number of aromatic nitrogens is 2. The average molecular weight is 465 g/mol. The summed E-state index contributed by atoms with van der Waals surface area (Å²) in [6.07, 6.45) is 2.40. The van der Waals surface area contributed by atoms with Crippen LogP contribution in [0.5, 0.6) is 0 Å². The highest BCUT2D eigenvalue weighted by atomic mass is 35.5. The normalized spacial score (nSPS) is 14.3. The van der Waals surface area contributed by atoms with E-state index in [2.05, 4.69) is 36.9 Å². The third-order valence-electron chi connectivity index (χ3n) is 6.09. The second-order valence-electron chi connectivity index (χ2n) is 8.35. The van der Waals surface area contributed by atoms with Gasteiger partial charge in [-0.05, 0) is 43.2 Å². The van der Waals surface area contributed by atoms with Crippen LogP contribution in [0.4, 0.5) is 5.69 Å². The van der Waals surface area contributed by atoms with Crippen LogP contribution in [0.15, 0.2) is 54.0 Å². The van der Waals surface area contributed by atoms with Crippen LogP contribution in [-0.4, -0.2) is 46.4 Å². The molecule has 1 aliphatic rings. The topological polar surface area (TPSA) is 40.8 Å². The number of carbonyl (C=O) groups excluding carboxylic acids is 1. The Hall–Kier alpha value is -2.83. The van der Waals surface area contributed by atoms with E-state index in [9.17, 15) is 4.79 Å². The van der Waals surface area contributed by atoms with E-state index in [-0.39, 0.29) is 5.91 Å².